The third kappa shape index (κ3) is 4.08. The topological polar surface area (TPSA) is 15.3 Å². The predicted octanol–water partition coefficient (Wildman–Crippen LogP) is 4.94. The number of benzene rings is 2. The summed E-state index contributed by atoms with van der Waals surface area (Å²) in [5.41, 5.74) is 6.27. The van der Waals surface area contributed by atoms with Crippen LogP contribution in [0.1, 0.15) is 23.6 Å². The fourth-order valence-corrected chi connectivity index (χ4v) is 3.18. The van der Waals surface area contributed by atoms with E-state index in [0.717, 1.165) is 17.6 Å². The second-order valence-corrected chi connectivity index (χ2v) is 6.33. The Bertz CT molecular complexity index is 602. The highest BCUT2D eigenvalue weighted by Gasteiger charge is 2.09. The van der Waals surface area contributed by atoms with E-state index in [1.165, 1.54) is 28.1 Å². The zero-order valence-corrected chi connectivity index (χ0v) is 14.8. The molecule has 0 aliphatic rings. The molecule has 1 N–H and O–H groups in total. The fourth-order valence-electron chi connectivity index (χ4n) is 2.49. The van der Waals surface area contributed by atoms with Crippen LogP contribution in [0.4, 0.5) is 11.4 Å². The standard InChI is InChI=1S/C18H23BrN2/c1-5-20-12-15-6-7-18(17(19)11-15)21(4)16-9-13(2)8-14(3)10-16/h6-11,20H,5,12H2,1-4H3. The Hall–Kier alpha value is -1.32. The molecule has 0 fully saturated rings. The van der Waals surface area contributed by atoms with Gasteiger partial charge in [-0.15, -0.1) is 0 Å². The first-order chi connectivity index (χ1) is 10.0. The average molecular weight is 347 g/mol. The number of rotatable bonds is 5. The van der Waals surface area contributed by atoms with Crippen molar-refractivity contribution in [3.8, 4) is 0 Å². The molecule has 2 rings (SSSR count). The van der Waals surface area contributed by atoms with Crippen molar-refractivity contribution in [3.63, 3.8) is 0 Å². The van der Waals surface area contributed by atoms with Crippen LogP contribution in [-0.2, 0) is 6.54 Å². The zero-order chi connectivity index (χ0) is 15.4. The van der Waals surface area contributed by atoms with Gasteiger partial charge in [0.2, 0.25) is 0 Å². The number of nitrogens with zero attached hydrogens (tertiary/aromatic N) is 1. The van der Waals surface area contributed by atoms with Crippen LogP contribution in [0.15, 0.2) is 40.9 Å². The lowest BCUT2D eigenvalue weighted by atomic mass is 10.1. The van der Waals surface area contributed by atoms with E-state index in [9.17, 15) is 0 Å². The lowest BCUT2D eigenvalue weighted by Gasteiger charge is -2.22. The minimum atomic E-state index is 0.905. The van der Waals surface area contributed by atoms with Gasteiger partial charge in [0.25, 0.3) is 0 Å². The number of aryl methyl sites for hydroxylation is 2. The molecule has 0 unspecified atom stereocenters. The van der Waals surface area contributed by atoms with Crippen LogP contribution in [0.2, 0.25) is 0 Å². The van der Waals surface area contributed by atoms with Crippen molar-refractivity contribution < 1.29 is 0 Å². The minimum Gasteiger partial charge on any atom is -0.344 e. The summed E-state index contributed by atoms with van der Waals surface area (Å²) in [5.74, 6) is 0. The van der Waals surface area contributed by atoms with Gasteiger partial charge in [-0.2, -0.15) is 0 Å². The Balaban J connectivity index is 2.28. The smallest absolute Gasteiger partial charge is 0.0552 e. The quantitative estimate of drug-likeness (QED) is 0.824. The monoisotopic (exact) mass is 346 g/mol. The summed E-state index contributed by atoms with van der Waals surface area (Å²) in [6.07, 6.45) is 0. The maximum absolute atomic E-state index is 3.70. The van der Waals surface area contributed by atoms with Gasteiger partial charge >= 0.3 is 0 Å². The number of hydrogen-bond acceptors (Lipinski definition) is 2. The van der Waals surface area contributed by atoms with Crippen LogP contribution in [0.3, 0.4) is 0 Å². The molecule has 0 bridgehead atoms. The second kappa shape index (κ2) is 7.10. The zero-order valence-electron chi connectivity index (χ0n) is 13.2. The molecule has 0 aliphatic carbocycles. The van der Waals surface area contributed by atoms with Crippen molar-refractivity contribution in [2.24, 2.45) is 0 Å². The number of halogens is 1. The van der Waals surface area contributed by atoms with E-state index in [0.29, 0.717) is 0 Å². The number of hydrogen-bond donors (Lipinski definition) is 1. The molecule has 3 heteroatoms. The van der Waals surface area contributed by atoms with Crippen LogP contribution in [0.25, 0.3) is 0 Å². The predicted molar refractivity (Wildman–Crippen MR) is 95.5 cm³/mol. The molecule has 0 atom stereocenters. The van der Waals surface area contributed by atoms with Gasteiger partial charge in [-0.05, 0) is 77.3 Å². The van der Waals surface area contributed by atoms with Crippen LogP contribution in [0, 0.1) is 13.8 Å². The highest BCUT2D eigenvalue weighted by atomic mass is 79.9. The molecule has 0 amide bonds. The van der Waals surface area contributed by atoms with E-state index < -0.39 is 0 Å². The van der Waals surface area contributed by atoms with Gasteiger partial charge in [0, 0.05) is 23.8 Å². The second-order valence-electron chi connectivity index (χ2n) is 5.47. The van der Waals surface area contributed by atoms with E-state index in [1.807, 2.05) is 0 Å². The van der Waals surface area contributed by atoms with Gasteiger partial charge in [0.1, 0.15) is 0 Å². The summed E-state index contributed by atoms with van der Waals surface area (Å²) in [4.78, 5) is 2.22. The molecule has 0 radical (unpaired) electrons. The normalized spacial score (nSPS) is 10.7. The summed E-state index contributed by atoms with van der Waals surface area (Å²) in [7, 11) is 2.11. The summed E-state index contributed by atoms with van der Waals surface area (Å²) in [5, 5.41) is 3.35. The third-order valence-electron chi connectivity index (χ3n) is 3.55. The molecule has 0 spiro atoms. The van der Waals surface area contributed by atoms with Gasteiger partial charge in [-0.3, -0.25) is 0 Å². The Morgan fingerprint density at radius 1 is 1.05 bits per heavy atom. The molecule has 2 aromatic rings. The molecule has 2 nitrogen and oxygen atoms in total. The fraction of sp³-hybridized carbons (Fsp3) is 0.333. The summed E-state index contributed by atoms with van der Waals surface area (Å²) < 4.78 is 1.12. The van der Waals surface area contributed by atoms with Crippen molar-refractivity contribution in [1.29, 1.82) is 0 Å². The summed E-state index contributed by atoms with van der Waals surface area (Å²) in [6, 6.07) is 13.2. The Labute approximate surface area is 136 Å². The summed E-state index contributed by atoms with van der Waals surface area (Å²) in [6.45, 7) is 8.29. The number of nitrogens with one attached hydrogen (secondary N) is 1. The first kappa shape index (κ1) is 16.1. The van der Waals surface area contributed by atoms with Crippen molar-refractivity contribution in [2.75, 3.05) is 18.5 Å². The van der Waals surface area contributed by atoms with E-state index in [4.69, 9.17) is 0 Å². The van der Waals surface area contributed by atoms with E-state index in [1.54, 1.807) is 0 Å². The van der Waals surface area contributed by atoms with Gasteiger partial charge in [0.15, 0.2) is 0 Å². The van der Waals surface area contributed by atoms with Crippen LogP contribution in [-0.4, -0.2) is 13.6 Å². The molecular weight excluding hydrogens is 324 g/mol. The Kier molecular flexibility index (Phi) is 5.43. The first-order valence-corrected chi connectivity index (χ1v) is 8.11. The lowest BCUT2D eigenvalue weighted by Crippen LogP contribution is -2.13. The maximum atomic E-state index is 3.70. The van der Waals surface area contributed by atoms with Crippen LogP contribution >= 0.6 is 15.9 Å². The molecule has 2 aromatic carbocycles. The van der Waals surface area contributed by atoms with Crippen molar-refractivity contribution in [1.82, 2.24) is 5.32 Å². The molecular formula is C18H23BrN2. The number of anilines is 2. The molecule has 0 saturated heterocycles. The third-order valence-corrected chi connectivity index (χ3v) is 4.18. The van der Waals surface area contributed by atoms with Crippen molar-refractivity contribution in [3.05, 3.63) is 57.6 Å². The highest BCUT2D eigenvalue weighted by Crippen LogP contribution is 2.32. The Morgan fingerprint density at radius 3 is 2.29 bits per heavy atom. The largest absolute Gasteiger partial charge is 0.344 e. The highest BCUT2D eigenvalue weighted by molar-refractivity contribution is 9.10. The molecule has 112 valence electrons. The minimum absolute atomic E-state index is 0.905. The van der Waals surface area contributed by atoms with Crippen molar-refractivity contribution in [2.45, 2.75) is 27.3 Å². The summed E-state index contributed by atoms with van der Waals surface area (Å²) >= 11 is 3.70. The van der Waals surface area contributed by atoms with Gasteiger partial charge in [0.05, 0.1) is 5.69 Å². The molecule has 0 aromatic heterocycles. The molecule has 0 heterocycles. The van der Waals surface area contributed by atoms with Gasteiger partial charge < -0.3 is 10.2 Å². The van der Waals surface area contributed by atoms with Crippen LogP contribution in [0.5, 0.6) is 0 Å². The molecule has 21 heavy (non-hydrogen) atoms. The van der Waals surface area contributed by atoms with E-state index in [-0.39, 0.29) is 0 Å². The van der Waals surface area contributed by atoms with Gasteiger partial charge in [-0.25, -0.2) is 0 Å². The van der Waals surface area contributed by atoms with E-state index in [2.05, 4.69) is 90.4 Å². The molecule has 0 saturated carbocycles. The van der Waals surface area contributed by atoms with Crippen LogP contribution < -0.4 is 10.2 Å². The van der Waals surface area contributed by atoms with Crippen molar-refractivity contribution >= 4 is 27.3 Å². The van der Waals surface area contributed by atoms with E-state index >= 15 is 0 Å². The first-order valence-electron chi connectivity index (χ1n) is 7.32. The lowest BCUT2D eigenvalue weighted by molar-refractivity contribution is 0.726. The maximum Gasteiger partial charge on any atom is 0.0552 e. The Morgan fingerprint density at radius 2 is 1.71 bits per heavy atom. The van der Waals surface area contributed by atoms with Gasteiger partial charge in [-0.1, -0.05) is 19.1 Å². The average Bonchev–Trinajstić information content (AvgIpc) is 2.43. The molecule has 0 aliphatic heterocycles. The SMILES string of the molecule is CCNCc1ccc(N(C)c2cc(C)cc(C)c2)c(Br)c1.